The summed E-state index contributed by atoms with van der Waals surface area (Å²) < 4.78 is 23.5. The standard InChI is InChI=1S/C13H15FO3/c1-9-12(14)7-11(17-9)8-16-13(15)10-5-3-2-4-6-10/h2-6,9,11-12H,7-8H2,1H3/t9?,11?,12-/m0/s1. The first-order chi connectivity index (χ1) is 8.16. The van der Waals surface area contributed by atoms with Crippen LogP contribution in [-0.2, 0) is 9.47 Å². The summed E-state index contributed by atoms with van der Waals surface area (Å²) in [4.78, 5) is 11.6. The third-order valence-electron chi connectivity index (χ3n) is 2.81. The van der Waals surface area contributed by atoms with Gasteiger partial charge in [-0.25, -0.2) is 9.18 Å². The zero-order valence-corrected chi connectivity index (χ0v) is 9.64. The molecule has 3 atom stereocenters. The Bertz CT molecular complexity index is 370. The summed E-state index contributed by atoms with van der Waals surface area (Å²) in [6.45, 7) is 1.79. The van der Waals surface area contributed by atoms with Crippen molar-refractivity contribution in [3.05, 3.63) is 35.9 Å². The Labute approximate surface area is 99.5 Å². The molecule has 3 nitrogen and oxygen atoms in total. The van der Waals surface area contributed by atoms with Gasteiger partial charge in [-0.15, -0.1) is 0 Å². The molecular weight excluding hydrogens is 223 g/mol. The minimum absolute atomic E-state index is 0.110. The van der Waals surface area contributed by atoms with E-state index in [0.29, 0.717) is 12.0 Å². The van der Waals surface area contributed by atoms with Crippen LogP contribution in [-0.4, -0.2) is 31.0 Å². The zero-order valence-electron chi connectivity index (χ0n) is 9.64. The second-order valence-electron chi connectivity index (χ2n) is 4.18. The van der Waals surface area contributed by atoms with Crippen LogP contribution in [0.25, 0.3) is 0 Å². The van der Waals surface area contributed by atoms with Gasteiger partial charge in [0.2, 0.25) is 0 Å². The van der Waals surface area contributed by atoms with Gasteiger partial charge in [-0.2, -0.15) is 0 Å². The Morgan fingerprint density at radius 2 is 2.18 bits per heavy atom. The van der Waals surface area contributed by atoms with Crippen molar-refractivity contribution in [1.82, 2.24) is 0 Å². The fourth-order valence-electron chi connectivity index (χ4n) is 1.82. The van der Waals surface area contributed by atoms with E-state index < -0.39 is 18.2 Å². The molecule has 1 aliphatic heterocycles. The Morgan fingerprint density at radius 3 is 2.76 bits per heavy atom. The molecule has 17 heavy (non-hydrogen) atoms. The first-order valence-electron chi connectivity index (χ1n) is 5.68. The normalized spacial score (nSPS) is 28.0. The van der Waals surface area contributed by atoms with Gasteiger partial charge in [0, 0.05) is 6.42 Å². The van der Waals surface area contributed by atoms with E-state index in [9.17, 15) is 9.18 Å². The maximum Gasteiger partial charge on any atom is 0.338 e. The molecule has 0 spiro atoms. The monoisotopic (exact) mass is 238 g/mol. The second kappa shape index (κ2) is 5.27. The molecule has 4 heteroatoms. The number of benzene rings is 1. The lowest BCUT2D eigenvalue weighted by Crippen LogP contribution is -2.19. The number of halogens is 1. The van der Waals surface area contributed by atoms with E-state index in [1.807, 2.05) is 6.07 Å². The molecule has 1 aliphatic rings. The molecule has 1 aromatic rings. The average molecular weight is 238 g/mol. The van der Waals surface area contributed by atoms with Gasteiger partial charge in [0.25, 0.3) is 0 Å². The van der Waals surface area contributed by atoms with E-state index in [4.69, 9.17) is 9.47 Å². The van der Waals surface area contributed by atoms with Crippen LogP contribution in [0.4, 0.5) is 4.39 Å². The molecule has 1 aromatic carbocycles. The highest BCUT2D eigenvalue weighted by atomic mass is 19.1. The lowest BCUT2D eigenvalue weighted by atomic mass is 10.2. The first-order valence-corrected chi connectivity index (χ1v) is 5.68. The number of hydrogen-bond donors (Lipinski definition) is 0. The number of carbonyl (C=O) groups is 1. The topological polar surface area (TPSA) is 35.5 Å². The smallest absolute Gasteiger partial charge is 0.338 e. The molecule has 1 fully saturated rings. The zero-order chi connectivity index (χ0) is 12.3. The van der Waals surface area contributed by atoms with Gasteiger partial charge in [0.15, 0.2) is 0 Å². The highest BCUT2D eigenvalue weighted by Gasteiger charge is 2.32. The van der Waals surface area contributed by atoms with Gasteiger partial charge >= 0.3 is 5.97 Å². The van der Waals surface area contributed by atoms with Crippen molar-refractivity contribution >= 4 is 5.97 Å². The summed E-state index contributed by atoms with van der Waals surface area (Å²) in [5.74, 6) is -0.399. The van der Waals surface area contributed by atoms with E-state index in [-0.39, 0.29) is 12.7 Å². The Balaban J connectivity index is 1.81. The van der Waals surface area contributed by atoms with E-state index in [0.717, 1.165) is 0 Å². The van der Waals surface area contributed by atoms with Crippen molar-refractivity contribution in [2.45, 2.75) is 31.7 Å². The van der Waals surface area contributed by atoms with Crippen molar-refractivity contribution in [3.8, 4) is 0 Å². The van der Waals surface area contributed by atoms with Crippen LogP contribution in [0, 0.1) is 0 Å². The number of esters is 1. The van der Waals surface area contributed by atoms with Crippen LogP contribution < -0.4 is 0 Å². The van der Waals surface area contributed by atoms with Crippen molar-refractivity contribution in [2.75, 3.05) is 6.61 Å². The quantitative estimate of drug-likeness (QED) is 0.758. The summed E-state index contributed by atoms with van der Waals surface area (Å²) in [5.41, 5.74) is 0.496. The summed E-state index contributed by atoms with van der Waals surface area (Å²) >= 11 is 0. The first kappa shape index (κ1) is 12.0. The Morgan fingerprint density at radius 1 is 1.47 bits per heavy atom. The van der Waals surface area contributed by atoms with Crippen LogP contribution in [0.15, 0.2) is 30.3 Å². The van der Waals surface area contributed by atoms with Crippen LogP contribution in [0.5, 0.6) is 0 Å². The van der Waals surface area contributed by atoms with Gasteiger partial charge in [-0.05, 0) is 19.1 Å². The number of carbonyl (C=O) groups excluding carboxylic acids is 1. The molecular formula is C13H15FO3. The van der Waals surface area contributed by atoms with Gasteiger partial charge in [0.1, 0.15) is 12.8 Å². The van der Waals surface area contributed by atoms with Crippen molar-refractivity contribution in [2.24, 2.45) is 0 Å². The summed E-state index contributed by atoms with van der Waals surface area (Å²) in [6.07, 6.45) is -1.40. The van der Waals surface area contributed by atoms with E-state index in [1.165, 1.54) is 0 Å². The number of rotatable bonds is 3. The SMILES string of the molecule is CC1OC(COC(=O)c2ccccc2)C[C@@H]1F. The van der Waals surface area contributed by atoms with Crippen LogP contribution in [0.1, 0.15) is 23.7 Å². The Kier molecular flexibility index (Phi) is 3.74. The highest BCUT2D eigenvalue weighted by Crippen LogP contribution is 2.23. The fourth-order valence-corrected chi connectivity index (χ4v) is 1.82. The average Bonchev–Trinajstić information content (AvgIpc) is 2.67. The number of ether oxygens (including phenoxy) is 2. The molecule has 1 heterocycles. The van der Waals surface area contributed by atoms with E-state index in [1.54, 1.807) is 31.2 Å². The molecule has 0 aliphatic carbocycles. The fraction of sp³-hybridized carbons (Fsp3) is 0.462. The maximum atomic E-state index is 13.1. The molecule has 0 bridgehead atoms. The largest absolute Gasteiger partial charge is 0.459 e. The molecule has 92 valence electrons. The van der Waals surface area contributed by atoms with Crippen molar-refractivity contribution < 1.29 is 18.7 Å². The Hall–Kier alpha value is -1.42. The second-order valence-corrected chi connectivity index (χ2v) is 4.18. The predicted octanol–water partition coefficient (Wildman–Crippen LogP) is 2.36. The van der Waals surface area contributed by atoms with Crippen LogP contribution in [0.3, 0.4) is 0 Å². The molecule has 2 rings (SSSR count). The molecule has 0 radical (unpaired) electrons. The van der Waals surface area contributed by atoms with Gasteiger partial charge < -0.3 is 9.47 Å². The summed E-state index contributed by atoms with van der Waals surface area (Å²) in [6, 6.07) is 8.72. The molecule has 2 unspecified atom stereocenters. The number of alkyl halides is 1. The lowest BCUT2D eigenvalue weighted by molar-refractivity contribution is -0.00708. The maximum absolute atomic E-state index is 13.1. The third kappa shape index (κ3) is 3.03. The lowest BCUT2D eigenvalue weighted by Gasteiger charge is -2.11. The summed E-state index contributed by atoms with van der Waals surface area (Å²) in [5, 5.41) is 0. The molecule has 0 N–H and O–H groups in total. The van der Waals surface area contributed by atoms with Crippen molar-refractivity contribution in [3.63, 3.8) is 0 Å². The summed E-state index contributed by atoms with van der Waals surface area (Å²) in [7, 11) is 0. The van der Waals surface area contributed by atoms with Gasteiger partial charge in [-0.3, -0.25) is 0 Å². The van der Waals surface area contributed by atoms with E-state index in [2.05, 4.69) is 0 Å². The minimum Gasteiger partial charge on any atom is -0.459 e. The van der Waals surface area contributed by atoms with Crippen LogP contribution in [0.2, 0.25) is 0 Å². The minimum atomic E-state index is -0.963. The van der Waals surface area contributed by atoms with E-state index >= 15 is 0 Å². The molecule has 1 saturated heterocycles. The number of hydrogen-bond acceptors (Lipinski definition) is 3. The van der Waals surface area contributed by atoms with Gasteiger partial charge in [0.05, 0.1) is 17.8 Å². The molecule has 0 saturated carbocycles. The van der Waals surface area contributed by atoms with Crippen LogP contribution >= 0.6 is 0 Å². The van der Waals surface area contributed by atoms with Crippen molar-refractivity contribution in [1.29, 1.82) is 0 Å². The van der Waals surface area contributed by atoms with Gasteiger partial charge in [-0.1, -0.05) is 18.2 Å². The predicted molar refractivity (Wildman–Crippen MR) is 60.6 cm³/mol. The molecule has 0 amide bonds. The highest BCUT2D eigenvalue weighted by molar-refractivity contribution is 5.89. The third-order valence-corrected chi connectivity index (χ3v) is 2.81. The molecule has 0 aromatic heterocycles.